The van der Waals surface area contributed by atoms with Gasteiger partial charge in [-0.3, -0.25) is 10.1 Å². The van der Waals surface area contributed by atoms with E-state index < -0.39 is 25.0 Å². The molecule has 12 nitrogen and oxygen atoms in total. The van der Waals surface area contributed by atoms with E-state index in [9.17, 15) is 26.9 Å². The largest absolute Gasteiger partial charge is 0.399 e. The molecule has 0 radical (unpaired) electrons. The molecule has 0 spiro atoms. The average Bonchev–Trinajstić information content (AvgIpc) is 2.85. The molecule has 2 saturated heterocycles. The van der Waals surface area contributed by atoms with Gasteiger partial charge in [-0.15, -0.1) is 0 Å². The van der Waals surface area contributed by atoms with Crippen LogP contribution in [0.2, 0.25) is 0 Å². The minimum Gasteiger partial charge on any atom is -0.399 e. The first-order chi connectivity index (χ1) is 16.9. The van der Waals surface area contributed by atoms with Gasteiger partial charge in [0.15, 0.2) is 0 Å². The first-order valence-electron chi connectivity index (χ1n) is 11.4. The number of nitrogens with two attached hydrogens (primary N) is 1. The second kappa shape index (κ2) is 11.6. The van der Waals surface area contributed by atoms with Crippen LogP contribution in [0.1, 0.15) is 0 Å². The smallest absolute Gasteiger partial charge is 0.270 e. The molecular weight excluding hydrogens is 508 g/mol. The van der Waals surface area contributed by atoms with Crippen molar-refractivity contribution < 1.29 is 21.8 Å². The lowest BCUT2D eigenvalue weighted by Crippen LogP contribution is -2.47. The Morgan fingerprint density at radius 3 is 1.56 bits per heavy atom. The normalized spacial score (nSPS) is 18.8. The number of nitrogen functional groups attached to an aromatic ring is 1. The highest BCUT2D eigenvalue weighted by molar-refractivity contribution is 7.89. The summed E-state index contributed by atoms with van der Waals surface area (Å²) < 4.78 is 52.2. The molecule has 4 rings (SSSR count). The minimum absolute atomic E-state index is 0.0220. The summed E-state index contributed by atoms with van der Waals surface area (Å²) >= 11 is 0. The third-order valence-corrected chi connectivity index (χ3v) is 9.88. The minimum atomic E-state index is -3.64. The lowest BCUT2D eigenvalue weighted by atomic mass is 10.3. The highest BCUT2D eigenvalue weighted by atomic mass is 32.2. The third kappa shape index (κ3) is 6.78. The van der Waals surface area contributed by atoms with Crippen LogP contribution in [-0.2, 0) is 20.0 Å². The van der Waals surface area contributed by atoms with Gasteiger partial charge in [0.05, 0.1) is 14.7 Å². The Bertz CT molecular complexity index is 1270. The zero-order valence-electron chi connectivity index (χ0n) is 20.4. The van der Waals surface area contributed by atoms with Crippen LogP contribution in [0.15, 0.2) is 58.3 Å². The van der Waals surface area contributed by atoms with Crippen LogP contribution in [0.25, 0.3) is 0 Å². The third-order valence-electron chi connectivity index (χ3n) is 6.09. The van der Waals surface area contributed by atoms with Crippen molar-refractivity contribution in [3.63, 3.8) is 0 Å². The second-order valence-corrected chi connectivity index (χ2v) is 12.6. The molecule has 14 heteroatoms. The van der Waals surface area contributed by atoms with Crippen molar-refractivity contribution >= 4 is 31.4 Å². The molecule has 36 heavy (non-hydrogen) atoms. The first-order valence-corrected chi connectivity index (χ1v) is 14.3. The van der Waals surface area contributed by atoms with E-state index in [1.165, 1.54) is 32.9 Å². The number of benzene rings is 2. The van der Waals surface area contributed by atoms with E-state index in [4.69, 9.17) is 5.73 Å². The molecule has 2 fully saturated rings. The molecule has 198 valence electrons. The predicted molar refractivity (Wildman–Crippen MR) is 136 cm³/mol. The maximum Gasteiger partial charge on any atom is 0.270 e. The molecular formula is C22H32N6O6S2. The van der Waals surface area contributed by atoms with Crippen molar-refractivity contribution in [3.05, 3.63) is 58.6 Å². The van der Waals surface area contributed by atoms with E-state index in [2.05, 4.69) is 4.90 Å². The van der Waals surface area contributed by atoms with Gasteiger partial charge in [-0.1, -0.05) is 12.1 Å². The molecule has 2 aliphatic heterocycles. The van der Waals surface area contributed by atoms with E-state index >= 15 is 0 Å². The van der Waals surface area contributed by atoms with Crippen LogP contribution < -0.4 is 5.73 Å². The van der Waals surface area contributed by atoms with E-state index in [0.29, 0.717) is 45.0 Å². The van der Waals surface area contributed by atoms with Crippen molar-refractivity contribution in [2.45, 2.75) is 9.79 Å². The van der Waals surface area contributed by atoms with Crippen molar-refractivity contribution in [2.75, 3.05) is 72.2 Å². The maximum absolute atomic E-state index is 12.4. The number of non-ortho nitro benzene ring substituents is 1. The van der Waals surface area contributed by atoms with Crippen LogP contribution in [0.5, 0.6) is 0 Å². The molecule has 0 aromatic heterocycles. The van der Waals surface area contributed by atoms with Gasteiger partial charge < -0.3 is 15.5 Å². The SMILES string of the molecule is CN1CCN(S(=O)(=O)c2cccc(N)c2)CC1.CN1CCN(S(=O)(=O)c2cccc([N+](=O)[O-])c2)CC1. The number of hydrogen-bond acceptors (Lipinski definition) is 9. The Morgan fingerprint density at radius 2 is 1.14 bits per heavy atom. The Hall–Kier alpha value is -2.62. The van der Waals surface area contributed by atoms with E-state index in [0.717, 1.165) is 19.2 Å². The molecule has 2 heterocycles. The fourth-order valence-electron chi connectivity index (χ4n) is 3.79. The summed E-state index contributed by atoms with van der Waals surface area (Å²) in [6.07, 6.45) is 0. The van der Waals surface area contributed by atoms with Gasteiger partial charge in [0.1, 0.15) is 0 Å². The number of likely N-dealkylation sites (N-methyl/N-ethyl adjacent to an activating group) is 2. The first kappa shape index (κ1) is 28.0. The zero-order chi connectivity index (χ0) is 26.5. The Kier molecular flexibility index (Phi) is 9.03. The van der Waals surface area contributed by atoms with E-state index in [1.54, 1.807) is 18.2 Å². The lowest BCUT2D eigenvalue weighted by Gasteiger charge is -2.31. The van der Waals surface area contributed by atoms with Crippen LogP contribution >= 0.6 is 0 Å². The molecule has 2 aliphatic rings. The van der Waals surface area contributed by atoms with Crippen LogP contribution in [0.4, 0.5) is 11.4 Å². The summed E-state index contributed by atoms with van der Waals surface area (Å²) in [5, 5.41) is 10.7. The number of nitro groups is 1. The highest BCUT2D eigenvalue weighted by Crippen LogP contribution is 2.22. The molecule has 0 atom stereocenters. The van der Waals surface area contributed by atoms with Crippen molar-refractivity contribution in [2.24, 2.45) is 0 Å². The quantitative estimate of drug-likeness (QED) is 0.329. The molecule has 0 bridgehead atoms. The van der Waals surface area contributed by atoms with Gasteiger partial charge in [0.2, 0.25) is 20.0 Å². The van der Waals surface area contributed by atoms with Crippen LogP contribution in [0, 0.1) is 10.1 Å². The Morgan fingerprint density at radius 1 is 0.722 bits per heavy atom. The summed E-state index contributed by atoms with van der Waals surface area (Å²) in [5.74, 6) is 0. The predicted octanol–water partition coefficient (Wildman–Crippen LogP) is 0.736. The summed E-state index contributed by atoms with van der Waals surface area (Å²) in [6, 6.07) is 11.6. The number of sulfonamides is 2. The Labute approximate surface area is 212 Å². The van der Waals surface area contributed by atoms with Gasteiger partial charge in [-0.25, -0.2) is 16.8 Å². The van der Waals surface area contributed by atoms with E-state index in [-0.39, 0.29) is 15.5 Å². The zero-order valence-corrected chi connectivity index (χ0v) is 22.0. The molecule has 2 N–H and O–H groups in total. The number of nitrogens with zero attached hydrogens (tertiary/aromatic N) is 5. The molecule has 0 aliphatic carbocycles. The fourth-order valence-corrected chi connectivity index (χ4v) is 6.73. The van der Waals surface area contributed by atoms with Crippen molar-refractivity contribution in [3.8, 4) is 0 Å². The van der Waals surface area contributed by atoms with Gasteiger partial charge in [-0.05, 0) is 38.4 Å². The van der Waals surface area contributed by atoms with Gasteiger partial charge in [-0.2, -0.15) is 8.61 Å². The number of anilines is 1. The fraction of sp³-hybridized carbons (Fsp3) is 0.455. The highest BCUT2D eigenvalue weighted by Gasteiger charge is 2.29. The topological polar surface area (TPSA) is 150 Å². The molecule has 0 amide bonds. The molecule has 2 aromatic rings. The summed E-state index contributed by atoms with van der Waals surface area (Å²) in [6.45, 7) is 4.73. The average molecular weight is 541 g/mol. The summed E-state index contributed by atoms with van der Waals surface area (Å²) in [5.41, 5.74) is 5.88. The summed E-state index contributed by atoms with van der Waals surface area (Å²) in [4.78, 5) is 14.5. The number of hydrogen-bond donors (Lipinski definition) is 1. The molecule has 0 unspecified atom stereocenters. The monoisotopic (exact) mass is 540 g/mol. The van der Waals surface area contributed by atoms with Crippen molar-refractivity contribution in [1.29, 1.82) is 0 Å². The van der Waals surface area contributed by atoms with Gasteiger partial charge >= 0.3 is 0 Å². The number of rotatable bonds is 5. The Balaban J connectivity index is 0.000000202. The van der Waals surface area contributed by atoms with Gasteiger partial charge in [0, 0.05) is 70.2 Å². The molecule has 0 saturated carbocycles. The maximum atomic E-state index is 12.4. The standard InChI is InChI=1S/C11H15N3O4S.C11H17N3O2S/c1-12-5-7-13(8-6-12)19(17,18)11-4-2-3-10(9-11)14(15)16;1-13-5-7-14(8-6-13)17(15,16)11-4-2-3-10(12)9-11/h2-4,9H,5-8H2,1H3;2-4,9H,5-8,12H2,1H3. The number of nitro benzene ring substituents is 1. The van der Waals surface area contributed by atoms with Crippen molar-refractivity contribution in [1.82, 2.24) is 18.4 Å². The molecule has 2 aromatic carbocycles. The van der Waals surface area contributed by atoms with Crippen LogP contribution in [-0.4, -0.2) is 107 Å². The van der Waals surface area contributed by atoms with Gasteiger partial charge in [0.25, 0.3) is 5.69 Å². The summed E-state index contributed by atoms with van der Waals surface area (Å²) in [7, 11) is -3.10. The van der Waals surface area contributed by atoms with Crippen LogP contribution in [0.3, 0.4) is 0 Å². The number of piperazine rings is 2. The lowest BCUT2D eigenvalue weighted by molar-refractivity contribution is -0.385. The second-order valence-electron chi connectivity index (χ2n) is 8.74. The van der Waals surface area contributed by atoms with E-state index in [1.807, 2.05) is 19.0 Å².